The first kappa shape index (κ1) is 21.5. The van der Waals surface area contributed by atoms with E-state index in [0.29, 0.717) is 18.7 Å². The Kier molecular flexibility index (Phi) is 6.44. The minimum Gasteiger partial charge on any atom is -0.383 e. The summed E-state index contributed by atoms with van der Waals surface area (Å²) >= 11 is 0. The average molecular weight is 436 g/mol. The second-order valence-electron chi connectivity index (χ2n) is 7.80. The number of carbonyl (C=O) groups excluding carboxylic acids is 2. The lowest BCUT2D eigenvalue weighted by Crippen LogP contribution is -2.40. The summed E-state index contributed by atoms with van der Waals surface area (Å²) in [6.07, 6.45) is 4.97. The molecule has 4 rings (SSSR count). The number of nitrogens with zero attached hydrogens (tertiary/aromatic N) is 4. The van der Waals surface area contributed by atoms with Crippen LogP contribution in [0.15, 0.2) is 54.9 Å². The number of rotatable bonds is 6. The van der Waals surface area contributed by atoms with E-state index in [4.69, 9.17) is 5.73 Å². The Labute approximate surface area is 185 Å². The van der Waals surface area contributed by atoms with Gasteiger partial charge < -0.3 is 16.0 Å². The standard InChI is InChI=1S/C23H25FN6O2/c24-19-5-2-1-4-17(19)14-26-23(32)18-6-7-20(28-22(18)25)16-8-12-29(13-9-16)21(31)15-30-11-3-10-27-30/h1-7,10-11,16H,8-9,12-15H2,(H2,25,28)(H,26,32). The molecule has 1 aliphatic rings. The maximum atomic E-state index is 13.7. The van der Waals surface area contributed by atoms with Crippen molar-refractivity contribution in [1.29, 1.82) is 0 Å². The molecule has 0 atom stereocenters. The molecule has 1 fully saturated rings. The van der Waals surface area contributed by atoms with Crippen LogP contribution in [0, 0.1) is 5.82 Å². The van der Waals surface area contributed by atoms with Gasteiger partial charge in [0, 0.05) is 49.2 Å². The molecule has 1 aromatic carbocycles. The molecule has 166 valence electrons. The molecule has 0 spiro atoms. The first-order valence-corrected chi connectivity index (χ1v) is 10.5. The molecule has 0 aliphatic carbocycles. The molecule has 3 heterocycles. The second-order valence-corrected chi connectivity index (χ2v) is 7.80. The molecule has 1 saturated heterocycles. The quantitative estimate of drug-likeness (QED) is 0.617. The highest BCUT2D eigenvalue weighted by molar-refractivity contribution is 5.98. The lowest BCUT2D eigenvalue weighted by Gasteiger charge is -2.32. The number of piperidine rings is 1. The van der Waals surface area contributed by atoms with Crippen molar-refractivity contribution in [2.75, 3.05) is 18.8 Å². The first-order valence-electron chi connectivity index (χ1n) is 10.5. The highest BCUT2D eigenvalue weighted by atomic mass is 19.1. The van der Waals surface area contributed by atoms with E-state index in [1.807, 2.05) is 4.90 Å². The van der Waals surface area contributed by atoms with Gasteiger partial charge >= 0.3 is 0 Å². The van der Waals surface area contributed by atoms with Gasteiger partial charge in [0.15, 0.2) is 0 Å². The van der Waals surface area contributed by atoms with Crippen molar-refractivity contribution in [2.24, 2.45) is 0 Å². The molecule has 2 amide bonds. The number of likely N-dealkylation sites (tertiary alicyclic amines) is 1. The number of nitrogens with two attached hydrogens (primary N) is 1. The van der Waals surface area contributed by atoms with Crippen molar-refractivity contribution >= 4 is 17.6 Å². The Morgan fingerprint density at radius 2 is 1.91 bits per heavy atom. The predicted octanol–water partition coefficient (Wildman–Crippen LogP) is 2.34. The fourth-order valence-corrected chi connectivity index (χ4v) is 3.88. The molecular formula is C23H25FN6O2. The van der Waals surface area contributed by atoms with Gasteiger partial charge in [0.25, 0.3) is 5.91 Å². The van der Waals surface area contributed by atoms with Crippen LogP contribution in [-0.2, 0) is 17.9 Å². The van der Waals surface area contributed by atoms with Gasteiger partial charge in [-0.15, -0.1) is 0 Å². The average Bonchev–Trinajstić information content (AvgIpc) is 3.31. The monoisotopic (exact) mass is 436 g/mol. The van der Waals surface area contributed by atoms with Crippen LogP contribution in [0.5, 0.6) is 0 Å². The van der Waals surface area contributed by atoms with Crippen LogP contribution in [0.4, 0.5) is 10.2 Å². The molecule has 32 heavy (non-hydrogen) atoms. The number of carbonyl (C=O) groups is 2. The second kappa shape index (κ2) is 9.59. The van der Waals surface area contributed by atoms with Crippen molar-refractivity contribution < 1.29 is 14.0 Å². The third kappa shape index (κ3) is 4.93. The fourth-order valence-electron chi connectivity index (χ4n) is 3.88. The number of pyridine rings is 1. The summed E-state index contributed by atoms with van der Waals surface area (Å²) in [4.78, 5) is 31.2. The number of hydrogen-bond donors (Lipinski definition) is 2. The zero-order valence-electron chi connectivity index (χ0n) is 17.6. The maximum absolute atomic E-state index is 13.7. The van der Waals surface area contributed by atoms with Gasteiger partial charge in [-0.05, 0) is 37.1 Å². The number of amides is 2. The molecule has 0 bridgehead atoms. The van der Waals surface area contributed by atoms with Crippen LogP contribution in [0.3, 0.4) is 0 Å². The molecule has 2 aromatic heterocycles. The van der Waals surface area contributed by atoms with Crippen LogP contribution < -0.4 is 11.1 Å². The summed E-state index contributed by atoms with van der Waals surface area (Å²) in [5.74, 6) is -0.415. The molecule has 3 aromatic rings. The molecule has 0 saturated carbocycles. The molecule has 1 aliphatic heterocycles. The van der Waals surface area contributed by atoms with Gasteiger partial charge in [-0.1, -0.05) is 18.2 Å². The van der Waals surface area contributed by atoms with E-state index >= 15 is 0 Å². The molecular weight excluding hydrogens is 411 g/mol. The van der Waals surface area contributed by atoms with Crippen molar-refractivity contribution in [3.05, 3.63) is 77.5 Å². The highest BCUT2D eigenvalue weighted by Crippen LogP contribution is 2.28. The van der Waals surface area contributed by atoms with Gasteiger partial charge in [0.05, 0.1) is 5.56 Å². The number of anilines is 1. The van der Waals surface area contributed by atoms with Crippen LogP contribution in [0.25, 0.3) is 0 Å². The number of nitrogens with one attached hydrogen (secondary N) is 1. The van der Waals surface area contributed by atoms with E-state index in [2.05, 4.69) is 15.4 Å². The maximum Gasteiger partial charge on any atom is 0.255 e. The number of halogens is 1. The highest BCUT2D eigenvalue weighted by Gasteiger charge is 2.25. The van der Waals surface area contributed by atoms with Gasteiger partial charge in [0.2, 0.25) is 5.91 Å². The number of aromatic nitrogens is 3. The van der Waals surface area contributed by atoms with Gasteiger partial charge in [-0.2, -0.15) is 5.10 Å². The molecule has 3 N–H and O–H groups in total. The lowest BCUT2D eigenvalue weighted by molar-refractivity contribution is -0.133. The van der Waals surface area contributed by atoms with E-state index in [1.165, 1.54) is 6.07 Å². The van der Waals surface area contributed by atoms with E-state index in [0.717, 1.165) is 18.5 Å². The van der Waals surface area contributed by atoms with Crippen LogP contribution in [-0.4, -0.2) is 44.6 Å². The van der Waals surface area contributed by atoms with Crippen molar-refractivity contribution in [3.8, 4) is 0 Å². The van der Waals surface area contributed by atoms with Crippen molar-refractivity contribution in [1.82, 2.24) is 25.0 Å². The van der Waals surface area contributed by atoms with Gasteiger partial charge in [-0.25, -0.2) is 9.37 Å². The first-order chi connectivity index (χ1) is 15.5. The Balaban J connectivity index is 1.32. The summed E-state index contributed by atoms with van der Waals surface area (Å²) in [7, 11) is 0. The van der Waals surface area contributed by atoms with E-state index in [-0.39, 0.29) is 42.1 Å². The summed E-state index contributed by atoms with van der Waals surface area (Å²) in [6, 6.07) is 11.5. The van der Waals surface area contributed by atoms with Crippen LogP contribution >= 0.6 is 0 Å². The third-order valence-electron chi connectivity index (χ3n) is 5.71. The zero-order chi connectivity index (χ0) is 22.5. The van der Waals surface area contributed by atoms with Crippen LogP contribution in [0.1, 0.15) is 40.4 Å². The number of hydrogen-bond acceptors (Lipinski definition) is 5. The topological polar surface area (TPSA) is 106 Å². The molecule has 8 nitrogen and oxygen atoms in total. The summed E-state index contributed by atoms with van der Waals surface area (Å²) in [6.45, 7) is 1.58. The largest absolute Gasteiger partial charge is 0.383 e. The summed E-state index contributed by atoms with van der Waals surface area (Å²) in [5.41, 5.74) is 7.53. The Morgan fingerprint density at radius 1 is 1.12 bits per heavy atom. The fraction of sp³-hybridized carbons (Fsp3) is 0.304. The molecule has 9 heteroatoms. The van der Waals surface area contributed by atoms with Crippen molar-refractivity contribution in [2.45, 2.75) is 31.8 Å². The van der Waals surface area contributed by atoms with Gasteiger partial charge in [-0.3, -0.25) is 14.3 Å². The van der Waals surface area contributed by atoms with E-state index in [1.54, 1.807) is 53.5 Å². The molecule has 0 unspecified atom stereocenters. The minimum absolute atomic E-state index is 0.0431. The zero-order valence-corrected chi connectivity index (χ0v) is 17.6. The van der Waals surface area contributed by atoms with Gasteiger partial charge in [0.1, 0.15) is 18.2 Å². The summed E-state index contributed by atoms with van der Waals surface area (Å²) in [5, 5.41) is 6.76. The summed E-state index contributed by atoms with van der Waals surface area (Å²) < 4.78 is 15.4. The van der Waals surface area contributed by atoms with Crippen LogP contribution in [0.2, 0.25) is 0 Å². The Morgan fingerprint density at radius 3 is 2.59 bits per heavy atom. The minimum atomic E-state index is -0.399. The number of benzene rings is 1. The lowest BCUT2D eigenvalue weighted by atomic mass is 9.92. The third-order valence-corrected chi connectivity index (χ3v) is 5.71. The Bertz CT molecular complexity index is 1090. The normalized spacial score (nSPS) is 14.3. The smallest absolute Gasteiger partial charge is 0.255 e. The van der Waals surface area contributed by atoms with Crippen molar-refractivity contribution in [3.63, 3.8) is 0 Å². The number of nitrogen functional groups attached to an aromatic ring is 1. The van der Waals surface area contributed by atoms with E-state index in [9.17, 15) is 14.0 Å². The predicted molar refractivity (Wildman–Crippen MR) is 117 cm³/mol. The molecule has 0 radical (unpaired) electrons. The Hall–Kier alpha value is -3.75. The SMILES string of the molecule is Nc1nc(C2CCN(C(=O)Cn3cccn3)CC2)ccc1C(=O)NCc1ccccc1F. The van der Waals surface area contributed by atoms with E-state index < -0.39 is 5.91 Å².